The maximum Gasteiger partial charge on any atom is 0.225 e. The van der Waals surface area contributed by atoms with Gasteiger partial charge in [0.1, 0.15) is 12.7 Å². The van der Waals surface area contributed by atoms with Gasteiger partial charge in [0.2, 0.25) is 5.91 Å². The largest absolute Gasteiger partial charge is 0.350 e. The first-order valence-corrected chi connectivity index (χ1v) is 10.6. The summed E-state index contributed by atoms with van der Waals surface area (Å²) in [5, 5.41) is 11.8. The summed E-state index contributed by atoms with van der Waals surface area (Å²) in [7, 11) is 0. The average Bonchev–Trinajstić information content (AvgIpc) is 3.32. The van der Waals surface area contributed by atoms with Gasteiger partial charge in [-0.25, -0.2) is 4.98 Å². The molecule has 0 radical (unpaired) electrons. The van der Waals surface area contributed by atoms with E-state index in [1.165, 1.54) is 50.7 Å². The van der Waals surface area contributed by atoms with E-state index in [0.717, 1.165) is 31.2 Å². The SMILES string of the molecule is C[C@H](Cn1cncn1)C(=O)NCc1cc2n(n1)CCCN(C1CCCCC1)C2. The topological polar surface area (TPSA) is 80.9 Å². The van der Waals surface area contributed by atoms with Gasteiger partial charge in [-0.05, 0) is 25.3 Å². The molecule has 28 heavy (non-hydrogen) atoms. The lowest BCUT2D eigenvalue weighted by molar-refractivity contribution is -0.125. The predicted octanol–water partition coefficient (Wildman–Crippen LogP) is 1.97. The Hall–Kier alpha value is -2.22. The number of nitrogens with zero attached hydrogens (tertiary/aromatic N) is 6. The minimum atomic E-state index is -0.163. The molecular weight excluding hydrogens is 354 g/mol. The van der Waals surface area contributed by atoms with Crippen molar-refractivity contribution in [3.8, 4) is 0 Å². The first-order valence-electron chi connectivity index (χ1n) is 10.6. The molecule has 1 atom stereocenters. The summed E-state index contributed by atoms with van der Waals surface area (Å²) in [6.07, 6.45) is 11.1. The number of nitrogens with one attached hydrogen (secondary N) is 1. The van der Waals surface area contributed by atoms with Crippen LogP contribution in [0.25, 0.3) is 0 Å². The quantitative estimate of drug-likeness (QED) is 0.822. The van der Waals surface area contributed by atoms with Crippen LogP contribution in [0.3, 0.4) is 0 Å². The fraction of sp³-hybridized carbons (Fsp3) is 0.700. The molecule has 2 aromatic rings. The Labute approximate surface area is 166 Å². The van der Waals surface area contributed by atoms with Crippen molar-refractivity contribution in [2.75, 3.05) is 6.54 Å². The highest BCUT2D eigenvalue weighted by Crippen LogP contribution is 2.26. The highest BCUT2D eigenvalue weighted by molar-refractivity contribution is 5.78. The Morgan fingerprint density at radius 3 is 2.89 bits per heavy atom. The third kappa shape index (κ3) is 4.60. The third-order valence-electron chi connectivity index (χ3n) is 6.00. The smallest absolute Gasteiger partial charge is 0.225 e. The van der Waals surface area contributed by atoms with E-state index < -0.39 is 0 Å². The predicted molar refractivity (Wildman–Crippen MR) is 105 cm³/mol. The van der Waals surface area contributed by atoms with Crippen LogP contribution in [0, 0.1) is 5.92 Å². The lowest BCUT2D eigenvalue weighted by Crippen LogP contribution is -2.36. The minimum Gasteiger partial charge on any atom is -0.350 e. The van der Waals surface area contributed by atoms with Crippen LogP contribution < -0.4 is 5.32 Å². The number of fused-ring (bicyclic) bond motifs is 1. The molecule has 0 bridgehead atoms. The summed E-state index contributed by atoms with van der Waals surface area (Å²) in [5.41, 5.74) is 2.23. The maximum atomic E-state index is 12.4. The van der Waals surface area contributed by atoms with E-state index in [-0.39, 0.29) is 11.8 Å². The van der Waals surface area contributed by atoms with Crippen LogP contribution >= 0.6 is 0 Å². The Morgan fingerprint density at radius 2 is 2.11 bits per heavy atom. The molecule has 8 heteroatoms. The van der Waals surface area contributed by atoms with Crippen molar-refractivity contribution < 1.29 is 4.79 Å². The number of amides is 1. The zero-order chi connectivity index (χ0) is 19.3. The van der Waals surface area contributed by atoms with Gasteiger partial charge in [0.05, 0.1) is 30.4 Å². The summed E-state index contributed by atoms with van der Waals surface area (Å²) < 4.78 is 3.83. The lowest BCUT2D eigenvalue weighted by Gasteiger charge is -2.33. The van der Waals surface area contributed by atoms with E-state index in [0.29, 0.717) is 13.1 Å². The van der Waals surface area contributed by atoms with Crippen LogP contribution in [-0.2, 0) is 31.0 Å². The molecule has 1 aliphatic heterocycles. The molecule has 0 saturated heterocycles. The van der Waals surface area contributed by atoms with Gasteiger partial charge in [-0.15, -0.1) is 0 Å². The van der Waals surface area contributed by atoms with E-state index in [2.05, 4.69) is 31.0 Å². The van der Waals surface area contributed by atoms with Crippen LogP contribution in [0.4, 0.5) is 0 Å². The number of hydrogen-bond acceptors (Lipinski definition) is 5. The van der Waals surface area contributed by atoms with Gasteiger partial charge in [0.15, 0.2) is 0 Å². The molecule has 3 heterocycles. The number of aromatic nitrogens is 5. The summed E-state index contributed by atoms with van der Waals surface area (Å²) >= 11 is 0. The van der Waals surface area contributed by atoms with Crippen molar-refractivity contribution >= 4 is 5.91 Å². The standard InChI is InChI=1S/C20H31N7O/c1-16(12-26-15-21-14-23-26)20(28)22-11-17-10-19-13-25(8-5-9-27(19)24-17)18-6-3-2-4-7-18/h10,14-16,18H,2-9,11-13H2,1H3,(H,22,28)/t16-/m1/s1. The van der Waals surface area contributed by atoms with Crippen LogP contribution in [0.2, 0.25) is 0 Å². The molecule has 1 fully saturated rings. The van der Waals surface area contributed by atoms with Crippen molar-refractivity contribution in [3.63, 3.8) is 0 Å². The molecule has 1 aliphatic carbocycles. The molecular formula is C20H31N7O. The molecule has 1 amide bonds. The van der Waals surface area contributed by atoms with E-state index in [1.54, 1.807) is 11.0 Å². The Kier molecular flexibility index (Phi) is 6.04. The Balaban J connectivity index is 1.32. The highest BCUT2D eigenvalue weighted by Gasteiger charge is 2.24. The van der Waals surface area contributed by atoms with Gasteiger partial charge in [-0.3, -0.25) is 19.1 Å². The van der Waals surface area contributed by atoms with Gasteiger partial charge < -0.3 is 5.32 Å². The van der Waals surface area contributed by atoms with Crippen LogP contribution in [0.1, 0.15) is 56.8 Å². The third-order valence-corrected chi connectivity index (χ3v) is 6.00. The molecule has 4 rings (SSSR count). The summed E-state index contributed by atoms with van der Waals surface area (Å²) in [6, 6.07) is 2.90. The number of aryl methyl sites for hydroxylation is 1. The van der Waals surface area contributed by atoms with Crippen molar-refractivity contribution in [2.45, 2.75) is 77.7 Å². The molecule has 152 valence electrons. The Bertz CT molecular complexity index is 764. The van der Waals surface area contributed by atoms with Gasteiger partial charge in [-0.2, -0.15) is 10.2 Å². The van der Waals surface area contributed by atoms with Crippen molar-refractivity contribution in [1.82, 2.24) is 34.8 Å². The van der Waals surface area contributed by atoms with Crippen LogP contribution in [-0.4, -0.2) is 47.9 Å². The summed E-state index contributed by atoms with van der Waals surface area (Å²) in [6.45, 7) is 6.02. The van der Waals surface area contributed by atoms with Gasteiger partial charge in [-0.1, -0.05) is 26.2 Å². The van der Waals surface area contributed by atoms with E-state index in [9.17, 15) is 4.79 Å². The van der Waals surface area contributed by atoms with E-state index >= 15 is 0 Å². The second-order valence-electron chi connectivity index (χ2n) is 8.20. The number of carbonyl (C=O) groups excluding carboxylic acids is 1. The summed E-state index contributed by atoms with van der Waals surface area (Å²) in [5.74, 6) is -0.147. The Morgan fingerprint density at radius 1 is 1.25 bits per heavy atom. The van der Waals surface area contributed by atoms with E-state index in [4.69, 9.17) is 5.10 Å². The first kappa shape index (κ1) is 19.1. The zero-order valence-corrected chi connectivity index (χ0v) is 16.8. The minimum absolute atomic E-state index is 0.0162. The van der Waals surface area contributed by atoms with Crippen molar-refractivity contribution in [3.05, 3.63) is 30.1 Å². The fourth-order valence-electron chi connectivity index (χ4n) is 4.43. The van der Waals surface area contributed by atoms with Crippen LogP contribution in [0.5, 0.6) is 0 Å². The molecule has 2 aliphatic rings. The van der Waals surface area contributed by atoms with Crippen molar-refractivity contribution in [2.24, 2.45) is 5.92 Å². The number of rotatable bonds is 6. The average molecular weight is 386 g/mol. The molecule has 8 nitrogen and oxygen atoms in total. The maximum absolute atomic E-state index is 12.4. The van der Waals surface area contributed by atoms with Gasteiger partial charge >= 0.3 is 0 Å². The molecule has 0 spiro atoms. The zero-order valence-electron chi connectivity index (χ0n) is 16.8. The summed E-state index contributed by atoms with van der Waals surface area (Å²) in [4.78, 5) is 19.0. The number of hydrogen-bond donors (Lipinski definition) is 1. The second-order valence-corrected chi connectivity index (χ2v) is 8.20. The lowest BCUT2D eigenvalue weighted by atomic mass is 9.94. The first-order chi connectivity index (χ1) is 13.7. The van der Waals surface area contributed by atoms with Gasteiger partial charge in [0, 0.05) is 25.7 Å². The molecule has 0 aromatic carbocycles. The molecule has 1 saturated carbocycles. The van der Waals surface area contributed by atoms with E-state index in [1.807, 2.05) is 6.92 Å². The monoisotopic (exact) mass is 385 g/mol. The van der Waals surface area contributed by atoms with Gasteiger partial charge in [0.25, 0.3) is 0 Å². The van der Waals surface area contributed by atoms with Crippen molar-refractivity contribution in [1.29, 1.82) is 0 Å². The normalized spacial score (nSPS) is 19.8. The number of carbonyl (C=O) groups is 1. The molecule has 0 unspecified atom stereocenters. The molecule has 1 N–H and O–H groups in total. The molecule has 2 aromatic heterocycles. The second kappa shape index (κ2) is 8.86. The highest BCUT2D eigenvalue weighted by atomic mass is 16.1. The fourth-order valence-corrected chi connectivity index (χ4v) is 4.43. The van der Waals surface area contributed by atoms with Crippen LogP contribution in [0.15, 0.2) is 18.7 Å².